The van der Waals surface area contributed by atoms with Crippen LogP contribution in [0.5, 0.6) is 0 Å². The van der Waals surface area contributed by atoms with Crippen LogP contribution in [0.25, 0.3) is 0 Å². The van der Waals surface area contributed by atoms with Gasteiger partial charge in [0.25, 0.3) is 5.91 Å². The van der Waals surface area contributed by atoms with Gasteiger partial charge >= 0.3 is 5.91 Å². The molecule has 1 aromatic heterocycles. The molecule has 5 atom stereocenters. The van der Waals surface area contributed by atoms with E-state index in [0.29, 0.717) is 12.8 Å². The Morgan fingerprint density at radius 1 is 1.00 bits per heavy atom. The van der Waals surface area contributed by atoms with E-state index in [1.54, 1.807) is 4.90 Å². The second-order valence-electron chi connectivity index (χ2n) is 14.0. The van der Waals surface area contributed by atoms with Crippen LogP contribution in [-0.2, 0) is 28.8 Å². The molecular formula is C34H49N7O7. The van der Waals surface area contributed by atoms with Gasteiger partial charge in [0, 0.05) is 18.4 Å². The fourth-order valence-electron chi connectivity index (χ4n) is 7.13. The third-order valence-electron chi connectivity index (χ3n) is 9.57. The quantitative estimate of drug-likeness (QED) is 0.105. The van der Waals surface area contributed by atoms with Crippen LogP contribution in [0, 0.1) is 17.3 Å². The molecule has 1 aromatic rings. The van der Waals surface area contributed by atoms with Crippen LogP contribution in [0.1, 0.15) is 95.5 Å². The molecule has 5 amide bonds. The maximum Gasteiger partial charge on any atom is 0.312 e. The number of aromatic nitrogens is 2. The number of nitrogens with one attached hydrogen (secondary N) is 4. The van der Waals surface area contributed by atoms with Gasteiger partial charge < -0.3 is 20.9 Å². The van der Waals surface area contributed by atoms with Crippen LogP contribution in [0.4, 0.5) is 0 Å². The van der Waals surface area contributed by atoms with E-state index in [1.165, 1.54) is 24.7 Å². The number of hydrogen-bond donors (Lipinski definition) is 4. The first-order valence-electron chi connectivity index (χ1n) is 16.9. The molecule has 3 aliphatic rings. The van der Waals surface area contributed by atoms with Crippen molar-refractivity contribution in [1.82, 2.24) is 36.3 Å². The molecule has 1 saturated heterocycles. The molecule has 14 heteroatoms. The summed E-state index contributed by atoms with van der Waals surface area (Å²) in [7, 11) is 0. The minimum Gasteiger partial charge on any atom is -0.347 e. The van der Waals surface area contributed by atoms with E-state index >= 15 is 0 Å². The number of hydroxylamine groups is 1. The Labute approximate surface area is 281 Å². The number of likely N-dealkylation sites (tertiary alicyclic amines) is 1. The number of rotatable bonds is 13. The van der Waals surface area contributed by atoms with Gasteiger partial charge in [-0.25, -0.2) is 10.5 Å². The number of ketones is 1. The lowest BCUT2D eigenvalue weighted by Crippen LogP contribution is -2.62. The standard InChI is InChI=1S/C34H49N7O7/c1-5-17-48-40-31(45)26(42)20-37-30(44)25-18-22-13-9-10-14-24(22)41(25)33(47)28(34(2,3)4)39-32(46)27(21-11-7-6-8-12-21)38-29(43)23-19-35-15-16-36-23/h5,15-16,19,21-22,24-25,27-28H,1,6-14,17-18,20H2,2-4H3,(H,37,44)(H,38,43)(H,39,46)(H,40,45)/t22-,24-,25-,27-,28+/m0/s1. The number of nitrogens with zero attached hydrogens (tertiary/aromatic N) is 3. The predicted octanol–water partition coefficient (Wildman–Crippen LogP) is 1.77. The van der Waals surface area contributed by atoms with Crippen LogP contribution in [0.3, 0.4) is 0 Å². The first-order valence-corrected chi connectivity index (χ1v) is 16.9. The number of carbonyl (C=O) groups excluding carboxylic acids is 6. The van der Waals surface area contributed by atoms with E-state index in [4.69, 9.17) is 4.84 Å². The average molecular weight is 668 g/mol. The zero-order valence-corrected chi connectivity index (χ0v) is 28.2. The van der Waals surface area contributed by atoms with Gasteiger partial charge in [0.15, 0.2) is 0 Å². The Bertz CT molecular complexity index is 1340. The van der Waals surface area contributed by atoms with Gasteiger partial charge in [-0.3, -0.25) is 38.6 Å². The maximum absolute atomic E-state index is 14.6. The Kier molecular flexibility index (Phi) is 12.8. The molecule has 2 heterocycles. The summed E-state index contributed by atoms with van der Waals surface area (Å²) in [5.41, 5.74) is 1.33. The van der Waals surface area contributed by atoms with Crippen LogP contribution < -0.4 is 21.4 Å². The summed E-state index contributed by atoms with van der Waals surface area (Å²) in [6.07, 6.45) is 13.9. The first kappa shape index (κ1) is 36.6. The summed E-state index contributed by atoms with van der Waals surface area (Å²) in [5.74, 6) is -3.89. The molecule has 0 unspecified atom stereocenters. The lowest BCUT2D eigenvalue weighted by molar-refractivity contribution is -0.147. The summed E-state index contributed by atoms with van der Waals surface area (Å²) in [5, 5.41) is 8.41. The van der Waals surface area contributed by atoms with Gasteiger partial charge in [-0.15, -0.1) is 6.58 Å². The second kappa shape index (κ2) is 16.8. The van der Waals surface area contributed by atoms with Crippen molar-refractivity contribution in [2.75, 3.05) is 13.2 Å². The molecule has 0 bridgehead atoms. The molecule has 14 nitrogen and oxygen atoms in total. The first-order chi connectivity index (χ1) is 22.9. The van der Waals surface area contributed by atoms with Crippen molar-refractivity contribution in [2.24, 2.45) is 17.3 Å². The van der Waals surface area contributed by atoms with Gasteiger partial charge in [-0.1, -0.05) is 59.0 Å². The van der Waals surface area contributed by atoms with E-state index in [1.807, 2.05) is 26.3 Å². The number of hydrogen-bond acceptors (Lipinski definition) is 9. The molecule has 2 aliphatic carbocycles. The smallest absolute Gasteiger partial charge is 0.312 e. The van der Waals surface area contributed by atoms with Crippen molar-refractivity contribution in [3.05, 3.63) is 36.9 Å². The molecule has 0 radical (unpaired) electrons. The topological polar surface area (TPSA) is 189 Å². The minimum absolute atomic E-state index is 0.00820. The number of carbonyl (C=O) groups is 6. The maximum atomic E-state index is 14.6. The average Bonchev–Trinajstić information content (AvgIpc) is 3.48. The molecule has 0 spiro atoms. The van der Waals surface area contributed by atoms with Crippen LogP contribution in [0.15, 0.2) is 31.2 Å². The van der Waals surface area contributed by atoms with E-state index in [9.17, 15) is 28.8 Å². The van der Waals surface area contributed by atoms with E-state index in [2.05, 4.69) is 32.5 Å². The molecule has 0 aromatic carbocycles. The molecule has 4 N–H and O–H groups in total. The minimum atomic E-state index is -1.02. The summed E-state index contributed by atoms with van der Waals surface area (Å²) >= 11 is 0. The highest BCUT2D eigenvalue weighted by atomic mass is 16.6. The fourth-order valence-corrected chi connectivity index (χ4v) is 7.13. The SMILES string of the molecule is C=CCONC(=O)C(=O)CNC(=O)[C@@H]1C[C@@H]2CCCC[C@@H]2N1C(=O)[C@@H](NC(=O)[C@@H](NC(=O)c1cnccn1)C1CCCCC1)C(C)(C)C. The molecule has 3 fully saturated rings. The summed E-state index contributed by atoms with van der Waals surface area (Å²) < 4.78 is 0. The summed E-state index contributed by atoms with van der Waals surface area (Å²) in [6.45, 7) is 8.44. The van der Waals surface area contributed by atoms with E-state index in [-0.39, 0.29) is 30.2 Å². The third kappa shape index (κ3) is 9.24. The zero-order chi connectivity index (χ0) is 34.8. The summed E-state index contributed by atoms with van der Waals surface area (Å²) in [6, 6.07) is -3.01. The lowest BCUT2D eigenvalue weighted by Gasteiger charge is -2.40. The van der Waals surface area contributed by atoms with Crippen molar-refractivity contribution in [3.8, 4) is 0 Å². The van der Waals surface area contributed by atoms with Gasteiger partial charge in [-0.2, -0.15) is 0 Å². The second-order valence-corrected chi connectivity index (χ2v) is 14.0. The molecular weight excluding hydrogens is 618 g/mol. The van der Waals surface area contributed by atoms with Crippen molar-refractivity contribution in [1.29, 1.82) is 0 Å². The van der Waals surface area contributed by atoms with Crippen molar-refractivity contribution < 1.29 is 33.6 Å². The molecule has 48 heavy (non-hydrogen) atoms. The largest absolute Gasteiger partial charge is 0.347 e. The van der Waals surface area contributed by atoms with Crippen LogP contribution in [0.2, 0.25) is 0 Å². The van der Waals surface area contributed by atoms with E-state index in [0.717, 1.165) is 51.4 Å². The summed E-state index contributed by atoms with van der Waals surface area (Å²) in [4.78, 5) is 94.3. The van der Waals surface area contributed by atoms with E-state index < -0.39 is 65.4 Å². The highest BCUT2D eigenvalue weighted by Gasteiger charge is 2.51. The van der Waals surface area contributed by atoms with Gasteiger partial charge in [0.05, 0.1) is 19.3 Å². The van der Waals surface area contributed by atoms with Crippen LogP contribution in [-0.4, -0.2) is 87.5 Å². The third-order valence-corrected chi connectivity index (χ3v) is 9.57. The molecule has 1 aliphatic heterocycles. The Morgan fingerprint density at radius 2 is 1.71 bits per heavy atom. The Hall–Kier alpha value is -4.20. The van der Waals surface area contributed by atoms with Gasteiger partial charge in [0.2, 0.25) is 23.5 Å². The zero-order valence-electron chi connectivity index (χ0n) is 28.2. The predicted molar refractivity (Wildman–Crippen MR) is 175 cm³/mol. The van der Waals surface area contributed by atoms with Gasteiger partial charge in [-0.05, 0) is 49.4 Å². The van der Waals surface area contributed by atoms with Crippen molar-refractivity contribution in [2.45, 2.75) is 109 Å². The highest BCUT2D eigenvalue weighted by Crippen LogP contribution is 2.41. The Morgan fingerprint density at radius 3 is 2.38 bits per heavy atom. The molecule has 2 saturated carbocycles. The monoisotopic (exact) mass is 667 g/mol. The number of amides is 5. The van der Waals surface area contributed by atoms with Crippen molar-refractivity contribution in [3.63, 3.8) is 0 Å². The van der Waals surface area contributed by atoms with Crippen LogP contribution >= 0.6 is 0 Å². The Balaban J connectivity index is 1.54. The highest BCUT2D eigenvalue weighted by molar-refractivity contribution is 6.37. The fraction of sp³-hybridized carbons (Fsp3) is 0.647. The number of fused-ring (bicyclic) bond motifs is 1. The molecule has 262 valence electrons. The lowest BCUT2D eigenvalue weighted by atomic mass is 9.81. The normalized spacial score (nSPS) is 22.4. The van der Waals surface area contributed by atoms with Crippen molar-refractivity contribution >= 4 is 35.3 Å². The number of Topliss-reactive ketones (excluding diaryl/α,β-unsaturated/α-hetero) is 1. The molecule has 4 rings (SSSR count). The van der Waals surface area contributed by atoms with Gasteiger partial charge in [0.1, 0.15) is 23.8 Å².